The van der Waals surface area contributed by atoms with Crippen molar-refractivity contribution < 1.29 is 4.74 Å². The number of likely N-dealkylation sites (N-methyl/N-ethyl adjacent to an activating group) is 1. The Bertz CT molecular complexity index is 623. The second-order valence-corrected chi connectivity index (χ2v) is 5.89. The fourth-order valence-corrected chi connectivity index (χ4v) is 3.15. The summed E-state index contributed by atoms with van der Waals surface area (Å²) in [5.41, 5.74) is 2.27. The summed E-state index contributed by atoms with van der Waals surface area (Å²) in [5.74, 6) is 0. The van der Waals surface area contributed by atoms with Crippen LogP contribution in [0.2, 0.25) is 0 Å². The first-order valence-corrected chi connectivity index (χ1v) is 8.08. The summed E-state index contributed by atoms with van der Waals surface area (Å²) in [4.78, 5) is 2.34. The molecule has 3 heterocycles. The first-order valence-electron chi connectivity index (χ1n) is 8.08. The lowest BCUT2D eigenvalue weighted by Gasteiger charge is -2.39. The van der Waals surface area contributed by atoms with Gasteiger partial charge in [0.1, 0.15) is 0 Å². The molecule has 0 aromatic carbocycles. The van der Waals surface area contributed by atoms with Gasteiger partial charge in [0.05, 0.1) is 36.3 Å². The van der Waals surface area contributed by atoms with Crippen molar-refractivity contribution >= 4 is 0 Å². The van der Waals surface area contributed by atoms with Crippen molar-refractivity contribution in [2.75, 3.05) is 26.7 Å². The minimum Gasteiger partial charge on any atom is -0.374 e. The summed E-state index contributed by atoms with van der Waals surface area (Å²) in [6.45, 7) is 6.09. The molecule has 2 aromatic heterocycles. The van der Waals surface area contributed by atoms with Crippen molar-refractivity contribution in [2.45, 2.75) is 32.2 Å². The van der Waals surface area contributed by atoms with E-state index in [1.54, 1.807) is 0 Å². The van der Waals surface area contributed by atoms with Gasteiger partial charge in [0.15, 0.2) is 0 Å². The number of hydrogen-bond donors (Lipinski definition) is 1. The van der Waals surface area contributed by atoms with E-state index in [1.807, 2.05) is 28.8 Å². The predicted octanol–water partition coefficient (Wildman–Crippen LogP) is 0.193. The Balaban J connectivity index is 1.64. The first-order chi connectivity index (χ1) is 11.2. The lowest BCUT2D eigenvalue weighted by Crippen LogP contribution is -2.48. The Labute approximate surface area is 136 Å². The third-order valence-corrected chi connectivity index (χ3v) is 4.41. The van der Waals surface area contributed by atoms with Crippen LogP contribution in [0.1, 0.15) is 24.4 Å². The number of rotatable bonds is 6. The van der Waals surface area contributed by atoms with Gasteiger partial charge >= 0.3 is 0 Å². The molecule has 0 radical (unpaired) electrons. The molecule has 3 rings (SSSR count). The normalized spacial score (nSPS) is 22.6. The van der Waals surface area contributed by atoms with E-state index in [2.05, 4.69) is 45.7 Å². The fourth-order valence-electron chi connectivity index (χ4n) is 3.15. The zero-order valence-corrected chi connectivity index (χ0v) is 14.0. The molecule has 1 saturated heterocycles. The number of hydrogen-bond acceptors (Lipinski definition) is 6. The van der Waals surface area contributed by atoms with Crippen LogP contribution in [0.25, 0.3) is 0 Å². The minimum atomic E-state index is 0.0927. The lowest BCUT2D eigenvalue weighted by atomic mass is 10.0. The molecule has 8 nitrogen and oxygen atoms in total. The van der Waals surface area contributed by atoms with E-state index in [4.69, 9.17) is 4.74 Å². The molecule has 8 heteroatoms. The molecule has 0 bridgehead atoms. The lowest BCUT2D eigenvalue weighted by molar-refractivity contribution is -0.0639. The summed E-state index contributed by atoms with van der Waals surface area (Å²) >= 11 is 0. The molecule has 0 spiro atoms. The Morgan fingerprint density at radius 3 is 3.00 bits per heavy atom. The summed E-state index contributed by atoms with van der Waals surface area (Å²) in [6, 6.07) is 2.27. The van der Waals surface area contributed by atoms with E-state index < -0.39 is 0 Å². The highest BCUT2D eigenvalue weighted by Crippen LogP contribution is 2.27. The number of nitrogens with zero attached hydrogens (tertiary/aromatic N) is 6. The highest BCUT2D eigenvalue weighted by Gasteiger charge is 2.33. The smallest absolute Gasteiger partial charge is 0.0911 e. The van der Waals surface area contributed by atoms with E-state index >= 15 is 0 Å². The van der Waals surface area contributed by atoms with Crippen LogP contribution >= 0.6 is 0 Å². The number of morpholine rings is 1. The summed E-state index contributed by atoms with van der Waals surface area (Å²) < 4.78 is 9.86. The molecular formula is C15H25N7O. The summed E-state index contributed by atoms with van der Waals surface area (Å²) in [5, 5.41) is 15.8. The van der Waals surface area contributed by atoms with Crippen LogP contribution < -0.4 is 5.32 Å². The molecule has 0 aliphatic carbocycles. The maximum atomic E-state index is 6.03. The molecule has 23 heavy (non-hydrogen) atoms. The van der Waals surface area contributed by atoms with Crippen LogP contribution in [0.5, 0.6) is 0 Å². The van der Waals surface area contributed by atoms with Crippen molar-refractivity contribution in [3.05, 3.63) is 29.8 Å². The molecule has 0 unspecified atom stereocenters. The van der Waals surface area contributed by atoms with Crippen LogP contribution in [0, 0.1) is 0 Å². The van der Waals surface area contributed by atoms with Crippen LogP contribution in [0.4, 0.5) is 0 Å². The Hall–Kier alpha value is -1.77. The van der Waals surface area contributed by atoms with Crippen molar-refractivity contribution in [2.24, 2.45) is 7.05 Å². The van der Waals surface area contributed by atoms with E-state index in [1.165, 1.54) is 5.69 Å². The zero-order valence-electron chi connectivity index (χ0n) is 14.0. The van der Waals surface area contributed by atoms with E-state index in [0.717, 1.165) is 38.5 Å². The summed E-state index contributed by atoms with van der Waals surface area (Å²) in [7, 11) is 4.12. The number of aryl methyl sites for hydroxylation is 2. The average molecular weight is 319 g/mol. The Morgan fingerprint density at radius 1 is 1.39 bits per heavy atom. The van der Waals surface area contributed by atoms with Gasteiger partial charge in [-0.1, -0.05) is 5.21 Å². The second kappa shape index (κ2) is 7.20. The minimum absolute atomic E-state index is 0.0927. The molecule has 126 valence electrons. The summed E-state index contributed by atoms with van der Waals surface area (Å²) in [6.07, 6.45) is 3.74. The standard InChI is InChI=1S/C15H25N7O/c1-4-22-12(10-17-19-22)9-16-11-14-15(20(2)7-8-23-14)13-5-6-18-21(13)3/h5-6,10,14-16H,4,7-9,11H2,1-3H3/t14-,15-/m0/s1. The molecular weight excluding hydrogens is 294 g/mol. The monoisotopic (exact) mass is 319 g/mol. The van der Waals surface area contributed by atoms with E-state index in [-0.39, 0.29) is 12.1 Å². The van der Waals surface area contributed by atoms with Crippen molar-refractivity contribution in [1.29, 1.82) is 0 Å². The quantitative estimate of drug-likeness (QED) is 0.820. The molecule has 1 aliphatic rings. The maximum Gasteiger partial charge on any atom is 0.0911 e. The van der Waals surface area contributed by atoms with Gasteiger partial charge in [0, 0.05) is 39.4 Å². The van der Waals surface area contributed by atoms with Gasteiger partial charge in [0.2, 0.25) is 0 Å². The van der Waals surface area contributed by atoms with Gasteiger partial charge in [-0.15, -0.1) is 5.10 Å². The number of ether oxygens (including phenoxy) is 1. The van der Waals surface area contributed by atoms with Gasteiger partial charge in [-0.2, -0.15) is 5.10 Å². The highest BCUT2D eigenvalue weighted by molar-refractivity contribution is 5.10. The van der Waals surface area contributed by atoms with E-state index in [0.29, 0.717) is 0 Å². The number of nitrogens with one attached hydrogen (secondary N) is 1. The fraction of sp³-hybridized carbons (Fsp3) is 0.667. The van der Waals surface area contributed by atoms with Gasteiger partial charge in [-0.3, -0.25) is 9.58 Å². The number of aromatic nitrogens is 5. The topological polar surface area (TPSA) is 73.0 Å². The predicted molar refractivity (Wildman–Crippen MR) is 85.7 cm³/mol. The molecule has 0 amide bonds. The zero-order chi connectivity index (χ0) is 16.2. The van der Waals surface area contributed by atoms with Crippen LogP contribution in [-0.4, -0.2) is 62.5 Å². The molecule has 1 aliphatic heterocycles. The Morgan fingerprint density at radius 2 is 2.26 bits per heavy atom. The van der Waals surface area contributed by atoms with Crippen LogP contribution in [-0.2, 0) is 24.9 Å². The van der Waals surface area contributed by atoms with Crippen LogP contribution in [0.3, 0.4) is 0 Å². The maximum absolute atomic E-state index is 6.03. The third kappa shape index (κ3) is 3.44. The van der Waals surface area contributed by atoms with Gasteiger partial charge < -0.3 is 10.1 Å². The van der Waals surface area contributed by atoms with Crippen molar-refractivity contribution in [3.63, 3.8) is 0 Å². The van der Waals surface area contributed by atoms with Gasteiger partial charge in [0.25, 0.3) is 0 Å². The Kier molecular flexibility index (Phi) is 5.04. The van der Waals surface area contributed by atoms with E-state index in [9.17, 15) is 0 Å². The first kappa shape index (κ1) is 16.1. The largest absolute Gasteiger partial charge is 0.374 e. The molecule has 2 aromatic rings. The molecule has 2 atom stereocenters. The van der Waals surface area contributed by atoms with Crippen LogP contribution in [0.15, 0.2) is 18.5 Å². The molecule has 0 saturated carbocycles. The average Bonchev–Trinajstić information content (AvgIpc) is 3.16. The molecule has 1 fully saturated rings. The van der Waals surface area contributed by atoms with Crippen molar-refractivity contribution in [3.8, 4) is 0 Å². The third-order valence-electron chi connectivity index (χ3n) is 4.41. The highest BCUT2D eigenvalue weighted by atomic mass is 16.5. The molecule has 1 N–H and O–H groups in total. The SMILES string of the molecule is CCn1nncc1CNC[C@@H]1OCCN(C)[C@H]1c1ccnn1C. The second-order valence-electron chi connectivity index (χ2n) is 5.89. The van der Waals surface area contributed by atoms with Gasteiger partial charge in [-0.05, 0) is 20.0 Å². The van der Waals surface area contributed by atoms with Gasteiger partial charge in [-0.25, -0.2) is 4.68 Å². The van der Waals surface area contributed by atoms with Crippen molar-refractivity contribution in [1.82, 2.24) is 35.0 Å².